The summed E-state index contributed by atoms with van der Waals surface area (Å²) in [6.07, 6.45) is 1.78. The molecule has 0 spiro atoms. The van der Waals surface area contributed by atoms with Crippen LogP contribution in [-0.4, -0.2) is 16.8 Å². The first-order valence-electron chi connectivity index (χ1n) is 4.06. The van der Waals surface area contributed by atoms with E-state index in [0.29, 0.717) is 6.61 Å². The second kappa shape index (κ2) is 3.38. The van der Waals surface area contributed by atoms with E-state index >= 15 is 0 Å². The van der Waals surface area contributed by atoms with Crippen LogP contribution in [0.4, 0.5) is 0 Å². The molecule has 0 amide bonds. The topological polar surface area (TPSA) is 37.9 Å². The molecule has 0 bridgehead atoms. The highest BCUT2D eigenvalue weighted by atomic mass is 79.9. The molecule has 2 aromatic rings. The van der Waals surface area contributed by atoms with Crippen LogP contribution < -0.4 is 4.74 Å². The van der Waals surface area contributed by atoms with Crippen molar-refractivity contribution < 1.29 is 4.74 Å². The maximum absolute atomic E-state index is 5.43. The Labute approximate surface area is 84.2 Å². The van der Waals surface area contributed by atoms with Gasteiger partial charge in [-0.1, -0.05) is 0 Å². The Balaban J connectivity index is 2.56. The molecule has 0 aliphatic rings. The Kier molecular flexibility index (Phi) is 2.22. The second-order valence-electron chi connectivity index (χ2n) is 2.67. The monoisotopic (exact) mass is 240 g/mol. The third kappa shape index (κ3) is 1.54. The highest BCUT2D eigenvalue weighted by Crippen LogP contribution is 2.29. The van der Waals surface area contributed by atoms with Gasteiger partial charge in [0.2, 0.25) is 0 Å². The fourth-order valence-corrected chi connectivity index (χ4v) is 1.67. The van der Waals surface area contributed by atoms with E-state index in [-0.39, 0.29) is 0 Å². The van der Waals surface area contributed by atoms with Crippen molar-refractivity contribution in [2.24, 2.45) is 0 Å². The lowest BCUT2D eigenvalue weighted by atomic mass is 10.2. The van der Waals surface area contributed by atoms with Gasteiger partial charge in [0.1, 0.15) is 5.75 Å². The van der Waals surface area contributed by atoms with E-state index in [9.17, 15) is 0 Å². The maximum atomic E-state index is 5.43. The van der Waals surface area contributed by atoms with E-state index in [1.54, 1.807) is 6.20 Å². The summed E-state index contributed by atoms with van der Waals surface area (Å²) >= 11 is 3.43. The molecule has 0 saturated carbocycles. The third-order valence-corrected chi connectivity index (χ3v) is 2.41. The van der Waals surface area contributed by atoms with Gasteiger partial charge in [-0.15, -0.1) is 0 Å². The Hall–Kier alpha value is -1.03. The van der Waals surface area contributed by atoms with Crippen molar-refractivity contribution in [1.82, 2.24) is 10.2 Å². The molecule has 1 aromatic heterocycles. The van der Waals surface area contributed by atoms with Crippen molar-refractivity contribution in [3.63, 3.8) is 0 Å². The van der Waals surface area contributed by atoms with E-state index in [1.165, 1.54) is 0 Å². The normalized spacial score (nSPS) is 10.6. The van der Waals surface area contributed by atoms with Crippen LogP contribution in [0.2, 0.25) is 0 Å². The maximum Gasteiger partial charge on any atom is 0.134 e. The average Bonchev–Trinajstić information content (AvgIpc) is 2.52. The summed E-state index contributed by atoms with van der Waals surface area (Å²) in [5.41, 5.74) is 1.01. The Bertz CT molecular complexity index is 424. The lowest BCUT2D eigenvalue weighted by Gasteiger charge is -2.04. The van der Waals surface area contributed by atoms with Crippen molar-refractivity contribution in [3.8, 4) is 5.75 Å². The van der Waals surface area contributed by atoms with E-state index in [1.807, 2.05) is 19.1 Å². The van der Waals surface area contributed by atoms with Crippen LogP contribution in [0.3, 0.4) is 0 Å². The Morgan fingerprint density at radius 1 is 1.54 bits per heavy atom. The van der Waals surface area contributed by atoms with Crippen LogP contribution in [0, 0.1) is 0 Å². The number of hydrogen-bond acceptors (Lipinski definition) is 2. The summed E-state index contributed by atoms with van der Waals surface area (Å²) in [6.45, 7) is 2.63. The summed E-state index contributed by atoms with van der Waals surface area (Å²) in [6, 6.07) is 3.93. The molecule has 13 heavy (non-hydrogen) atoms. The van der Waals surface area contributed by atoms with Crippen molar-refractivity contribution >= 4 is 26.8 Å². The van der Waals surface area contributed by atoms with Gasteiger partial charge in [0.15, 0.2) is 0 Å². The number of aromatic amines is 1. The van der Waals surface area contributed by atoms with E-state index < -0.39 is 0 Å². The van der Waals surface area contributed by atoms with E-state index in [2.05, 4.69) is 26.1 Å². The molecule has 0 unspecified atom stereocenters. The van der Waals surface area contributed by atoms with Crippen molar-refractivity contribution in [2.75, 3.05) is 6.61 Å². The van der Waals surface area contributed by atoms with Gasteiger partial charge in [-0.05, 0) is 35.0 Å². The van der Waals surface area contributed by atoms with Gasteiger partial charge < -0.3 is 4.74 Å². The molecular formula is C9H9BrN2O. The number of hydrogen-bond donors (Lipinski definition) is 1. The quantitative estimate of drug-likeness (QED) is 0.877. The summed E-state index contributed by atoms with van der Waals surface area (Å²) in [5.74, 6) is 0.858. The van der Waals surface area contributed by atoms with Crippen molar-refractivity contribution in [3.05, 3.63) is 22.8 Å². The van der Waals surface area contributed by atoms with Gasteiger partial charge in [0.05, 0.1) is 22.8 Å². The molecule has 1 aromatic carbocycles. The largest absolute Gasteiger partial charge is 0.493 e. The number of H-pyrrole nitrogens is 1. The Morgan fingerprint density at radius 2 is 2.38 bits per heavy atom. The van der Waals surface area contributed by atoms with Crippen LogP contribution in [0.15, 0.2) is 22.8 Å². The van der Waals surface area contributed by atoms with Crippen LogP contribution in [-0.2, 0) is 0 Å². The zero-order valence-corrected chi connectivity index (χ0v) is 8.76. The van der Waals surface area contributed by atoms with Crippen molar-refractivity contribution in [1.29, 1.82) is 0 Å². The first-order valence-corrected chi connectivity index (χ1v) is 4.86. The SMILES string of the molecule is CCOc1cc2cn[nH]c2cc1Br. The highest BCUT2D eigenvalue weighted by Gasteiger charge is 2.03. The summed E-state index contributed by atoms with van der Waals surface area (Å²) in [4.78, 5) is 0. The van der Waals surface area contributed by atoms with Gasteiger partial charge in [0.25, 0.3) is 0 Å². The van der Waals surface area contributed by atoms with Crippen LogP contribution in [0.25, 0.3) is 10.9 Å². The summed E-state index contributed by atoms with van der Waals surface area (Å²) in [7, 11) is 0. The summed E-state index contributed by atoms with van der Waals surface area (Å²) in [5, 5.41) is 7.90. The number of benzene rings is 1. The lowest BCUT2D eigenvalue weighted by Crippen LogP contribution is -1.91. The smallest absolute Gasteiger partial charge is 0.134 e. The highest BCUT2D eigenvalue weighted by molar-refractivity contribution is 9.10. The molecule has 1 heterocycles. The first kappa shape index (κ1) is 8.56. The van der Waals surface area contributed by atoms with Crippen LogP contribution in [0.1, 0.15) is 6.92 Å². The molecule has 0 saturated heterocycles. The zero-order chi connectivity index (χ0) is 9.26. The number of ether oxygens (including phenoxy) is 1. The number of nitrogens with zero attached hydrogens (tertiary/aromatic N) is 1. The fourth-order valence-electron chi connectivity index (χ4n) is 1.21. The number of rotatable bonds is 2. The molecule has 0 fully saturated rings. The first-order chi connectivity index (χ1) is 6.31. The molecule has 4 heteroatoms. The van der Waals surface area contributed by atoms with Crippen molar-refractivity contribution in [2.45, 2.75) is 6.92 Å². The molecule has 3 nitrogen and oxygen atoms in total. The lowest BCUT2D eigenvalue weighted by molar-refractivity contribution is 0.338. The zero-order valence-electron chi connectivity index (χ0n) is 7.17. The predicted molar refractivity (Wildman–Crippen MR) is 55.0 cm³/mol. The number of halogens is 1. The second-order valence-corrected chi connectivity index (χ2v) is 3.53. The minimum atomic E-state index is 0.669. The Morgan fingerprint density at radius 3 is 3.15 bits per heavy atom. The number of aromatic nitrogens is 2. The molecule has 2 rings (SSSR count). The van der Waals surface area contributed by atoms with E-state index in [4.69, 9.17) is 4.74 Å². The molecule has 0 aliphatic carbocycles. The summed E-state index contributed by atoms with van der Waals surface area (Å²) < 4.78 is 6.38. The van der Waals surface area contributed by atoms with Gasteiger partial charge in [-0.2, -0.15) is 5.10 Å². The number of nitrogens with one attached hydrogen (secondary N) is 1. The van der Waals surface area contributed by atoms with Crippen LogP contribution in [0.5, 0.6) is 5.75 Å². The third-order valence-electron chi connectivity index (χ3n) is 1.79. The number of fused-ring (bicyclic) bond motifs is 1. The van der Waals surface area contributed by atoms with Gasteiger partial charge in [0, 0.05) is 5.39 Å². The van der Waals surface area contributed by atoms with Gasteiger partial charge >= 0.3 is 0 Å². The van der Waals surface area contributed by atoms with Gasteiger partial charge in [-0.25, -0.2) is 0 Å². The molecule has 0 atom stereocenters. The average molecular weight is 241 g/mol. The predicted octanol–water partition coefficient (Wildman–Crippen LogP) is 2.72. The molecule has 68 valence electrons. The molecule has 0 radical (unpaired) electrons. The minimum Gasteiger partial charge on any atom is -0.493 e. The molecule has 1 N–H and O–H groups in total. The fraction of sp³-hybridized carbons (Fsp3) is 0.222. The standard InChI is InChI=1S/C9H9BrN2O/c1-2-13-9-3-6-5-11-12-8(6)4-7(9)10/h3-5H,2H2,1H3,(H,11,12). The molecule has 0 aliphatic heterocycles. The minimum absolute atomic E-state index is 0.669. The van der Waals surface area contributed by atoms with E-state index in [0.717, 1.165) is 21.1 Å². The van der Waals surface area contributed by atoms with Gasteiger partial charge in [-0.3, -0.25) is 5.10 Å². The molecular weight excluding hydrogens is 232 g/mol. The van der Waals surface area contributed by atoms with Crippen LogP contribution >= 0.6 is 15.9 Å².